The summed E-state index contributed by atoms with van der Waals surface area (Å²) in [5, 5.41) is 8.92. The van der Waals surface area contributed by atoms with Crippen LogP contribution in [0.15, 0.2) is 42.5 Å². The molecular weight excluding hydrogens is 410 g/mol. The summed E-state index contributed by atoms with van der Waals surface area (Å²) in [6.45, 7) is 11.8. The topological polar surface area (TPSA) is 46.5 Å². The number of carbonyl (C=O) groups is 1. The molecule has 0 aromatic heterocycles. The Hall–Kier alpha value is -2.95. The second-order valence-electron chi connectivity index (χ2n) is 8.76. The van der Waals surface area contributed by atoms with Crippen LogP contribution in [-0.4, -0.2) is 23.6 Å². The Morgan fingerprint density at radius 2 is 1.84 bits per heavy atom. The van der Waals surface area contributed by atoms with E-state index in [9.17, 15) is 13.6 Å². The van der Waals surface area contributed by atoms with Crippen LogP contribution < -0.4 is 4.74 Å². The van der Waals surface area contributed by atoms with E-state index in [1.165, 1.54) is 0 Å². The quantitative estimate of drug-likeness (QED) is 0.484. The number of alkyl halides is 2. The first-order valence-corrected chi connectivity index (χ1v) is 10.8. The van der Waals surface area contributed by atoms with E-state index in [0.29, 0.717) is 23.3 Å². The lowest BCUT2D eigenvalue weighted by Gasteiger charge is -2.16. The predicted octanol–water partition coefficient (Wildman–Crippen LogP) is 6.92. The molecule has 2 aromatic rings. The summed E-state index contributed by atoms with van der Waals surface area (Å²) in [6, 6.07) is 9.45. The van der Waals surface area contributed by atoms with Crippen molar-refractivity contribution in [3.63, 3.8) is 0 Å². The van der Waals surface area contributed by atoms with Crippen LogP contribution >= 0.6 is 0 Å². The van der Waals surface area contributed by atoms with Gasteiger partial charge in [-0.2, -0.15) is 0 Å². The van der Waals surface area contributed by atoms with E-state index in [2.05, 4.69) is 6.58 Å². The highest BCUT2D eigenvalue weighted by Crippen LogP contribution is 2.44. The van der Waals surface area contributed by atoms with Crippen molar-refractivity contribution in [1.82, 2.24) is 0 Å². The van der Waals surface area contributed by atoms with Crippen molar-refractivity contribution >= 4 is 17.1 Å². The minimum Gasteiger partial charge on any atom is -0.489 e. The first-order valence-electron chi connectivity index (χ1n) is 10.8. The molecule has 2 aromatic carbocycles. The molecule has 0 radical (unpaired) electrons. The first kappa shape index (κ1) is 23.7. The lowest BCUT2D eigenvalue weighted by atomic mass is 9.95. The minimum atomic E-state index is -2.78. The van der Waals surface area contributed by atoms with Gasteiger partial charge in [-0.1, -0.05) is 30.4 Å². The van der Waals surface area contributed by atoms with Gasteiger partial charge >= 0.3 is 5.97 Å². The third-order valence-corrected chi connectivity index (χ3v) is 6.24. The zero-order valence-electron chi connectivity index (χ0n) is 19.1. The smallest absolute Gasteiger partial charge is 0.303 e. The van der Waals surface area contributed by atoms with Gasteiger partial charge in [0.15, 0.2) is 0 Å². The average Bonchev–Trinajstić information content (AvgIpc) is 3.02. The molecule has 0 bridgehead atoms. The molecule has 1 N–H and O–H groups in total. The van der Waals surface area contributed by atoms with Gasteiger partial charge in [0, 0.05) is 19.3 Å². The predicted molar refractivity (Wildman–Crippen MR) is 124 cm³/mol. The Kier molecular flexibility index (Phi) is 6.87. The van der Waals surface area contributed by atoms with Crippen LogP contribution in [-0.2, 0) is 11.2 Å². The van der Waals surface area contributed by atoms with Gasteiger partial charge in [-0.05, 0) is 90.8 Å². The van der Waals surface area contributed by atoms with E-state index in [4.69, 9.17) is 9.84 Å². The number of rotatable bonds is 8. The normalized spacial score (nSPS) is 15.2. The average molecular weight is 441 g/mol. The van der Waals surface area contributed by atoms with Crippen LogP contribution in [0, 0.1) is 20.8 Å². The second kappa shape index (κ2) is 9.27. The molecular formula is C27H30F2O3. The van der Waals surface area contributed by atoms with Gasteiger partial charge in [-0.25, -0.2) is 8.78 Å². The van der Waals surface area contributed by atoms with Gasteiger partial charge in [-0.15, -0.1) is 0 Å². The van der Waals surface area contributed by atoms with Gasteiger partial charge in [0.25, 0.3) is 5.92 Å². The number of hydrogen-bond acceptors (Lipinski definition) is 2. The fourth-order valence-electron chi connectivity index (χ4n) is 4.26. The summed E-state index contributed by atoms with van der Waals surface area (Å²) < 4.78 is 34.8. The van der Waals surface area contributed by atoms with Gasteiger partial charge in [0.1, 0.15) is 12.4 Å². The van der Waals surface area contributed by atoms with Crippen molar-refractivity contribution in [2.75, 3.05) is 6.61 Å². The molecule has 5 heteroatoms. The number of aliphatic carboxylic acids is 1. The zero-order chi connectivity index (χ0) is 23.6. The minimum absolute atomic E-state index is 0.0640. The van der Waals surface area contributed by atoms with Crippen LogP contribution in [0.2, 0.25) is 0 Å². The van der Waals surface area contributed by atoms with E-state index in [0.717, 1.165) is 39.0 Å². The van der Waals surface area contributed by atoms with Crippen LogP contribution in [0.4, 0.5) is 8.78 Å². The summed E-state index contributed by atoms with van der Waals surface area (Å²) in [7, 11) is 0. The third-order valence-electron chi connectivity index (χ3n) is 6.24. The zero-order valence-corrected chi connectivity index (χ0v) is 19.1. The Bertz CT molecular complexity index is 1100. The molecule has 0 saturated carbocycles. The summed E-state index contributed by atoms with van der Waals surface area (Å²) >= 11 is 0. The molecule has 32 heavy (non-hydrogen) atoms. The highest BCUT2D eigenvalue weighted by molar-refractivity contribution is 5.76. The summed E-state index contributed by atoms with van der Waals surface area (Å²) in [5.74, 6) is -2.99. The second-order valence-corrected chi connectivity index (χ2v) is 8.76. The maximum Gasteiger partial charge on any atom is 0.303 e. The van der Waals surface area contributed by atoms with Gasteiger partial charge < -0.3 is 9.84 Å². The van der Waals surface area contributed by atoms with E-state index in [1.807, 2.05) is 52.0 Å². The van der Waals surface area contributed by atoms with Crippen molar-refractivity contribution < 1.29 is 23.4 Å². The number of benzene rings is 2. The summed E-state index contributed by atoms with van der Waals surface area (Å²) in [4.78, 5) is 10.9. The molecule has 3 nitrogen and oxygen atoms in total. The van der Waals surface area contributed by atoms with Gasteiger partial charge in [-0.3, -0.25) is 4.79 Å². The maximum atomic E-state index is 14.4. The van der Waals surface area contributed by atoms with Crippen molar-refractivity contribution in [1.29, 1.82) is 0 Å². The van der Waals surface area contributed by atoms with E-state index >= 15 is 0 Å². The number of ether oxygens (including phenoxy) is 1. The lowest BCUT2D eigenvalue weighted by Crippen LogP contribution is -2.12. The monoisotopic (exact) mass is 440 g/mol. The summed E-state index contributed by atoms with van der Waals surface area (Å²) in [6.07, 6.45) is -0.0965. The van der Waals surface area contributed by atoms with Gasteiger partial charge in [0.2, 0.25) is 0 Å². The highest BCUT2D eigenvalue weighted by atomic mass is 19.3. The van der Waals surface area contributed by atoms with Crippen LogP contribution in [0.1, 0.15) is 59.6 Å². The standard InChI is InChI=1S/C27H30F2O3/c1-16(2)23-12-21(7-6-17(23)3)24-14-27(28,29)13-22(24)15-32-25-10-8-20(9-11-26(30)31)18(4)19(25)5/h6-8,10,12H,1,9,11,13-15H2,2-5H3,(H,30,31). The summed E-state index contributed by atoms with van der Waals surface area (Å²) in [5.41, 5.74) is 7.83. The molecule has 1 aliphatic carbocycles. The number of allylic oxidation sites excluding steroid dienone is 2. The number of aryl methyl sites for hydroxylation is 2. The van der Waals surface area contributed by atoms with Crippen molar-refractivity contribution in [3.8, 4) is 5.75 Å². The third kappa shape index (κ3) is 5.26. The van der Waals surface area contributed by atoms with Crippen molar-refractivity contribution in [2.45, 2.75) is 59.3 Å². The highest BCUT2D eigenvalue weighted by Gasteiger charge is 2.39. The lowest BCUT2D eigenvalue weighted by molar-refractivity contribution is -0.136. The number of carboxylic acid groups (broad SMARTS) is 1. The Morgan fingerprint density at radius 3 is 2.50 bits per heavy atom. The largest absolute Gasteiger partial charge is 0.489 e. The molecule has 3 rings (SSSR count). The molecule has 0 amide bonds. The molecule has 0 spiro atoms. The van der Waals surface area contributed by atoms with E-state index in [-0.39, 0.29) is 25.9 Å². The molecule has 0 heterocycles. The molecule has 0 atom stereocenters. The fourth-order valence-corrected chi connectivity index (χ4v) is 4.26. The number of hydrogen-bond donors (Lipinski definition) is 1. The van der Waals surface area contributed by atoms with Gasteiger partial charge in [0.05, 0.1) is 0 Å². The Labute approximate surface area is 188 Å². The Balaban J connectivity index is 1.86. The van der Waals surface area contributed by atoms with Crippen molar-refractivity contribution in [2.24, 2.45) is 0 Å². The van der Waals surface area contributed by atoms with Crippen LogP contribution in [0.3, 0.4) is 0 Å². The molecule has 0 fully saturated rings. The van der Waals surface area contributed by atoms with Crippen LogP contribution in [0.5, 0.6) is 5.75 Å². The number of carboxylic acids is 1. The number of halogens is 2. The van der Waals surface area contributed by atoms with E-state index in [1.54, 1.807) is 6.07 Å². The SMILES string of the molecule is C=C(C)c1cc(C2=C(COc3ccc(CCC(=O)O)c(C)c3C)CC(F)(F)C2)ccc1C. The molecule has 0 aliphatic heterocycles. The van der Waals surface area contributed by atoms with E-state index < -0.39 is 11.9 Å². The van der Waals surface area contributed by atoms with Crippen molar-refractivity contribution in [3.05, 3.63) is 75.9 Å². The Morgan fingerprint density at radius 1 is 1.12 bits per heavy atom. The maximum absolute atomic E-state index is 14.4. The first-order chi connectivity index (χ1) is 15.0. The molecule has 0 unspecified atom stereocenters. The molecule has 1 aliphatic rings. The van der Waals surface area contributed by atoms with Crippen LogP contribution in [0.25, 0.3) is 11.1 Å². The molecule has 0 saturated heterocycles. The fraction of sp³-hybridized carbons (Fsp3) is 0.370. The molecule has 170 valence electrons.